The van der Waals surface area contributed by atoms with Crippen molar-refractivity contribution < 1.29 is 4.92 Å². The molecule has 19 heavy (non-hydrogen) atoms. The molecule has 0 unspecified atom stereocenters. The number of aryl methyl sites for hydroxylation is 1. The van der Waals surface area contributed by atoms with E-state index in [1.165, 1.54) is 31.3 Å². The van der Waals surface area contributed by atoms with Gasteiger partial charge < -0.3 is 5.32 Å². The molecule has 0 aliphatic heterocycles. The maximum absolute atomic E-state index is 11.0. The molecule has 1 aliphatic rings. The van der Waals surface area contributed by atoms with E-state index < -0.39 is 0 Å². The van der Waals surface area contributed by atoms with Crippen LogP contribution in [0.15, 0.2) is 29.8 Å². The molecule has 1 aromatic carbocycles. The molecule has 1 aliphatic carbocycles. The van der Waals surface area contributed by atoms with Crippen LogP contribution < -0.4 is 5.32 Å². The van der Waals surface area contributed by atoms with Gasteiger partial charge in [0, 0.05) is 12.6 Å². The van der Waals surface area contributed by atoms with E-state index >= 15 is 0 Å². The third-order valence-electron chi connectivity index (χ3n) is 3.50. The summed E-state index contributed by atoms with van der Waals surface area (Å²) in [5.41, 5.74) is 3.30. The summed E-state index contributed by atoms with van der Waals surface area (Å²) in [7, 11) is 0. The highest BCUT2D eigenvalue weighted by Crippen LogP contribution is 2.26. The first-order chi connectivity index (χ1) is 9.16. The first kappa shape index (κ1) is 13.6. The van der Waals surface area contributed by atoms with E-state index in [4.69, 9.17) is 0 Å². The monoisotopic (exact) mass is 260 g/mol. The van der Waals surface area contributed by atoms with Crippen molar-refractivity contribution >= 4 is 11.4 Å². The molecule has 0 aromatic heterocycles. The van der Waals surface area contributed by atoms with E-state index in [-0.39, 0.29) is 10.6 Å². The fourth-order valence-corrected chi connectivity index (χ4v) is 2.44. The number of anilines is 1. The number of hydrogen-bond acceptors (Lipinski definition) is 3. The molecule has 0 bridgehead atoms. The molecule has 0 saturated heterocycles. The van der Waals surface area contributed by atoms with Gasteiger partial charge in [0.25, 0.3) is 5.69 Å². The molecule has 0 saturated carbocycles. The van der Waals surface area contributed by atoms with E-state index in [1.807, 2.05) is 13.0 Å². The molecular formula is C15H20N2O2. The molecule has 0 amide bonds. The Labute approximate surface area is 113 Å². The zero-order valence-electron chi connectivity index (χ0n) is 11.3. The molecule has 0 heterocycles. The third-order valence-corrected chi connectivity index (χ3v) is 3.50. The molecule has 0 fully saturated rings. The van der Waals surface area contributed by atoms with Gasteiger partial charge in [-0.15, -0.1) is 0 Å². The van der Waals surface area contributed by atoms with Gasteiger partial charge in [-0.2, -0.15) is 0 Å². The Morgan fingerprint density at radius 3 is 2.89 bits per heavy atom. The lowest BCUT2D eigenvalue weighted by Gasteiger charge is -2.13. The summed E-state index contributed by atoms with van der Waals surface area (Å²) < 4.78 is 0. The summed E-state index contributed by atoms with van der Waals surface area (Å²) in [4.78, 5) is 10.6. The zero-order valence-corrected chi connectivity index (χ0v) is 11.3. The van der Waals surface area contributed by atoms with Crippen LogP contribution in [0.4, 0.5) is 11.4 Å². The Kier molecular flexibility index (Phi) is 4.55. The van der Waals surface area contributed by atoms with Crippen molar-refractivity contribution in [2.45, 2.75) is 39.0 Å². The van der Waals surface area contributed by atoms with Gasteiger partial charge in [0.05, 0.1) is 4.92 Å². The zero-order chi connectivity index (χ0) is 13.7. The summed E-state index contributed by atoms with van der Waals surface area (Å²) in [6.07, 6.45) is 8.22. The van der Waals surface area contributed by atoms with Gasteiger partial charge in [-0.05, 0) is 50.7 Å². The number of nitro groups is 1. The fraction of sp³-hybridized carbons (Fsp3) is 0.467. The van der Waals surface area contributed by atoms with Gasteiger partial charge in [0.15, 0.2) is 0 Å². The molecule has 0 spiro atoms. The lowest BCUT2D eigenvalue weighted by atomic mass is 9.97. The standard InChI is InChI=1S/C15H20N2O2/c1-12-7-8-15(17(18)19)14(11-12)16-10-9-13-5-3-2-4-6-13/h5,7-8,11,16H,2-4,6,9-10H2,1H3. The number of allylic oxidation sites excluding steroid dienone is 1. The molecule has 2 rings (SSSR count). The molecular weight excluding hydrogens is 240 g/mol. The maximum atomic E-state index is 11.0. The van der Waals surface area contributed by atoms with Gasteiger partial charge in [0.1, 0.15) is 5.69 Å². The minimum absolute atomic E-state index is 0.156. The summed E-state index contributed by atoms with van der Waals surface area (Å²) in [6.45, 7) is 2.70. The van der Waals surface area contributed by atoms with Crippen molar-refractivity contribution in [1.29, 1.82) is 0 Å². The predicted octanol–water partition coefficient (Wildman–Crippen LogP) is 4.21. The van der Waals surface area contributed by atoms with Crippen LogP contribution >= 0.6 is 0 Å². The van der Waals surface area contributed by atoms with E-state index in [0.717, 1.165) is 18.5 Å². The molecule has 1 aromatic rings. The number of nitrogens with zero attached hydrogens (tertiary/aromatic N) is 1. The second kappa shape index (κ2) is 6.36. The van der Waals surface area contributed by atoms with Gasteiger partial charge >= 0.3 is 0 Å². The van der Waals surface area contributed by atoms with Crippen LogP contribution in [-0.2, 0) is 0 Å². The van der Waals surface area contributed by atoms with E-state index in [1.54, 1.807) is 12.1 Å². The van der Waals surface area contributed by atoms with Crippen LogP contribution in [0.25, 0.3) is 0 Å². The van der Waals surface area contributed by atoms with Crippen LogP contribution in [0.2, 0.25) is 0 Å². The summed E-state index contributed by atoms with van der Waals surface area (Å²) in [5, 5.41) is 14.2. The van der Waals surface area contributed by atoms with E-state index in [9.17, 15) is 10.1 Å². The van der Waals surface area contributed by atoms with Gasteiger partial charge in [0.2, 0.25) is 0 Å². The molecule has 0 radical (unpaired) electrons. The molecule has 4 nitrogen and oxygen atoms in total. The number of rotatable bonds is 5. The summed E-state index contributed by atoms with van der Waals surface area (Å²) >= 11 is 0. The quantitative estimate of drug-likeness (QED) is 0.490. The van der Waals surface area contributed by atoms with Crippen molar-refractivity contribution in [1.82, 2.24) is 0 Å². The SMILES string of the molecule is Cc1ccc([N+](=O)[O-])c(NCCC2=CCCCC2)c1. The molecule has 102 valence electrons. The van der Waals surface area contributed by atoms with Gasteiger partial charge in [-0.3, -0.25) is 10.1 Å². The van der Waals surface area contributed by atoms with Crippen molar-refractivity contribution in [3.05, 3.63) is 45.5 Å². The first-order valence-corrected chi connectivity index (χ1v) is 6.83. The first-order valence-electron chi connectivity index (χ1n) is 6.83. The Balaban J connectivity index is 1.96. The highest BCUT2D eigenvalue weighted by molar-refractivity contribution is 5.62. The Bertz CT molecular complexity index is 495. The van der Waals surface area contributed by atoms with Crippen LogP contribution in [-0.4, -0.2) is 11.5 Å². The van der Waals surface area contributed by atoms with Crippen LogP contribution in [0.3, 0.4) is 0 Å². The van der Waals surface area contributed by atoms with Crippen molar-refractivity contribution in [2.24, 2.45) is 0 Å². The van der Waals surface area contributed by atoms with Crippen molar-refractivity contribution in [3.8, 4) is 0 Å². The third kappa shape index (κ3) is 3.81. The largest absolute Gasteiger partial charge is 0.379 e. The number of nitro benzene ring substituents is 1. The predicted molar refractivity (Wildman–Crippen MR) is 77.5 cm³/mol. The highest BCUT2D eigenvalue weighted by Gasteiger charge is 2.13. The minimum atomic E-state index is -0.332. The van der Waals surface area contributed by atoms with Crippen molar-refractivity contribution in [3.63, 3.8) is 0 Å². The lowest BCUT2D eigenvalue weighted by Crippen LogP contribution is -2.06. The normalized spacial score (nSPS) is 14.9. The number of benzene rings is 1. The van der Waals surface area contributed by atoms with Gasteiger partial charge in [-0.1, -0.05) is 17.7 Å². The topological polar surface area (TPSA) is 55.2 Å². The smallest absolute Gasteiger partial charge is 0.292 e. The maximum Gasteiger partial charge on any atom is 0.292 e. The number of nitrogens with one attached hydrogen (secondary N) is 1. The summed E-state index contributed by atoms with van der Waals surface area (Å²) in [5.74, 6) is 0. The van der Waals surface area contributed by atoms with Crippen LogP contribution in [0, 0.1) is 17.0 Å². The van der Waals surface area contributed by atoms with Crippen LogP contribution in [0.5, 0.6) is 0 Å². The van der Waals surface area contributed by atoms with E-state index in [0.29, 0.717) is 5.69 Å². The van der Waals surface area contributed by atoms with E-state index in [2.05, 4.69) is 11.4 Å². The van der Waals surface area contributed by atoms with Crippen molar-refractivity contribution in [2.75, 3.05) is 11.9 Å². The average molecular weight is 260 g/mol. The second-order valence-corrected chi connectivity index (χ2v) is 5.06. The molecule has 4 heteroatoms. The number of hydrogen-bond donors (Lipinski definition) is 1. The highest BCUT2D eigenvalue weighted by atomic mass is 16.6. The molecule has 1 N–H and O–H groups in total. The van der Waals surface area contributed by atoms with Crippen LogP contribution in [0.1, 0.15) is 37.7 Å². The fourth-order valence-electron chi connectivity index (χ4n) is 2.44. The average Bonchev–Trinajstić information content (AvgIpc) is 2.39. The molecule has 0 atom stereocenters. The Morgan fingerprint density at radius 1 is 1.37 bits per heavy atom. The lowest BCUT2D eigenvalue weighted by molar-refractivity contribution is -0.384. The Hall–Kier alpha value is -1.84. The Morgan fingerprint density at radius 2 is 2.21 bits per heavy atom. The second-order valence-electron chi connectivity index (χ2n) is 5.06. The summed E-state index contributed by atoms with van der Waals surface area (Å²) in [6, 6.07) is 5.18. The van der Waals surface area contributed by atoms with Gasteiger partial charge in [-0.25, -0.2) is 0 Å². The minimum Gasteiger partial charge on any atom is -0.379 e.